The molecule has 0 unspecified atom stereocenters. The van der Waals surface area contributed by atoms with Crippen LogP contribution in [0.25, 0.3) is 10.9 Å². The van der Waals surface area contributed by atoms with E-state index in [1.54, 1.807) is 37.4 Å². The maximum absolute atomic E-state index is 13.4. The van der Waals surface area contributed by atoms with Gasteiger partial charge in [-0.25, -0.2) is 0 Å². The summed E-state index contributed by atoms with van der Waals surface area (Å²) in [5.74, 6) is -1.35. The number of nitrogens with zero attached hydrogens (tertiary/aromatic N) is 1. The van der Waals surface area contributed by atoms with Crippen LogP contribution in [0, 0.1) is 23.2 Å². The number of halogens is 2. The number of nitrogens with one attached hydrogen (secondary N) is 3. The number of aromatic amines is 1. The van der Waals surface area contributed by atoms with Crippen LogP contribution in [0.5, 0.6) is 5.75 Å². The zero-order chi connectivity index (χ0) is 26.5. The summed E-state index contributed by atoms with van der Waals surface area (Å²) >= 11 is 12.3. The van der Waals surface area contributed by atoms with Gasteiger partial charge in [-0.15, -0.1) is 0 Å². The van der Waals surface area contributed by atoms with E-state index in [1.807, 2.05) is 12.1 Å². The number of Topliss-reactive ketones (excluding diaryl/α,β-unsaturated/α-hetero) is 1. The van der Waals surface area contributed by atoms with Crippen LogP contribution >= 0.6 is 23.2 Å². The highest BCUT2D eigenvalue weighted by molar-refractivity contribution is 6.34. The van der Waals surface area contributed by atoms with Gasteiger partial charge in [-0.3, -0.25) is 14.4 Å². The Morgan fingerprint density at radius 3 is 2.62 bits per heavy atom. The Labute approximate surface area is 224 Å². The zero-order valence-corrected chi connectivity index (χ0v) is 21.7. The monoisotopic (exact) mass is 540 g/mol. The van der Waals surface area contributed by atoms with Crippen LogP contribution in [0.3, 0.4) is 0 Å². The van der Waals surface area contributed by atoms with Crippen LogP contribution in [0.2, 0.25) is 10.0 Å². The van der Waals surface area contributed by atoms with Crippen molar-refractivity contribution in [3.05, 3.63) is 63.8 Å². The highest BCUT2D eigenvalue weighted by Crippen LogP contribution is 2.28. The van der Waals surface area contributed by atoms with Gasteiger partial charge in [0.1, 0.15) is 11.8 Å². The van der Waals surface area contributed by atoms with E-state index in [2.05, 4.69) is 21.7 Å². The van der Waals surface area contributed by atoms with Crippen molar-refractivity contribution in [2.75, 3.05) is 13.7 Å². The summed E-state index contributed by atoms with van der Waals surface area (Å²) in [6, 6.07) is 13.3. The number of methoxy groups -OCH3 is 1. The summed E-state index contributed by atoms with van der Waals surface area (Å²) in [5.41, 5.74) is 1.78. The largest absolute Gasteiger partial charge is 0.496 e. The Hall–Kier alpha value is -3.54. The molecule has 0 spiro atoms. The molecule has 3 aromatic rings. The van der Waals surface area contributed by atoms with E-state index in [0.29, 0.717) is 40.0 Å². The zero-order valence-electron chi connectivity index (χ0n) is 20.1. The molecule has 1 aromatic heterocycles. The van der Waals surface area contributed by atoms with Crippen molar-refractivity contribution < 1.29 is 19.1 Å². The fraction of sp³-hybridized carbons (Fsp3) is 0.333. The smallest absolute Gasteiger partial charge is 0.224 e. The summed E-state index contributed by atoms with van der Waals surface area (Å²) in [6.45, 7) is 0.553. The second-order valence-corrected chi connectivity index (χ2v) is 9.99. The number of nitriles is 1. The standard InChI is InChI=1S/C27H26Cl2N4O4/c1-37-25-4-2-3-22-21(25)13-23(33-22)24(34)11-17(7-15-8-18(28)12-19(29)9-15)27(36)32-20(14-30)10-16-5-6-31-26(16)35/h2-4,8-9,12-13,16-17,20,33H,5-7,10-11H2,1H3,(H,31,35)(H,32,36)/t16-,17+,20-/m0/s1. The fourth-order valence-corrected chi connectivity index (χ4v) is 5.22. The molecule has 4 rings (SSSR count). The molecule has 3 atom stereocenters. The molecule has 1 saturated heterocycles. The molecule has 1 fully saturated rings. The first-order valence-electron chi connectivity index (χ1n) is 11.9. The van der Waals surface area contributed by atoms with Crippen molar-refractivity contribution in [3.63, 3.8) is 0 Å². The number of carbonyl (C=O) groups is 3. The van der Waals surface area contributed by atoms with Gasteiger partial charge < -0.3 is 20.4 Å². The fourth-order valence-electron chi connectivity index (χ4n) is 4.65. The molecule has 2 heterocycles. The number of benzene rings is 2. The summed E-state index contributed by atoms with van der Waals surface area (Å²) in [4.78, 5) is 41.7. The van der Waals surface area contributed by atoms with E-state index in [-0.39, 0.29) is 36.9 Å². The number of ketones is 1. The third kappa shape index (κ3) is 6.43. The van der Waals surface area contributed by atoms with E-state index in [0.717, 1.165) is 10.9 Å². The maximum atomic E-state index is 13.4. The number of hydrogen-bond donors (Lipinski definition) is 3. The minimum absolute atomic E-state index is 0.118. The van der Waals surface area contributed by atoms with Gasteiger partial charge in [-0.1, -0.05) is 29.3 Å². The number of ether oxygens (including phenoxy) is 1. The van der Waals surface area contributed by atoms with Crippen LogP contribution in [-0.2, 0) is 16.0 Å². The first-order valence-corrected chi connectivity index (χ1v) is 12.6. The molecule has 3 N–H and O–H groups in total. The van der Waals surface area contributed by atoms with Crippen LogP contribution < -0.4 is 15.4 Å². The van der Waals surface area contributed by atoms with E-state index >= 15 is 0 Å². The lowest BCUT2D eigenvalue weighted by molar-refractivity contribution is -0.126. The molecule has 10 heteroatoms. The van der Waals surface area contributed by atoms with Crippen LogP contribution in [0.15, 0.2) is 42.5 Å². The molecule has 0 bridgehead atoms. The molecule has 2 aromatic carbocycles. The van der Waals surface area contributed by atoms with E-state index in [9.17, 15) is 19.6 Å². The normalized spacial score (nSPS) is 16.6. The molecule has 0 aliphatic carbocycles. The number of rotatable bonds is 10. The number of hydrogen-bond acceptors (Lipinski definition) is 5. The van der Waals surface area contributed by atoms with Gasteiger partial charge in [0.05, 0.1) is 18.9 Å². The first kappa shape index (κ1) is 26.5. The summed E-state index contributed by atoms with van der Waals surface area (Å²) in [5, 5.41) is 16.7. The number of amides is 2. The predicted octanol–water partition coefficient (Wildman–Crippen LogP) is 4.45. The Morgan fingerprint density at radius 1 is 1.22 bits per heavy atom. The topological polar surface area (TPSA) is 124 Å². The van der Waals surface area contributed by atoms with Crippen LogP contribution in [0.1, 0.15) is 35.3 Å². The number of aromatic nitrogens is 1. The molecule has 1 aliphatic heterocycles. The molecule has 8 nitrogen and oxygen atoms in total. The Balaban J connectivity index is 1.56. The van der Waals surface area contributed by atoms with Gasteiger partial charge in [0, 0.05) is 45.7 Å². The third-order valence-electron chi connectivity index (χ3n) is 6.51. The molecule has 192 valence electrons. The molecule has 2 amide bonds. The lowest BCUT2D eigenvalue weighted by atomic mass is 9.91. The van der Waals surface area contributed by atoms with Crippen LogP contribution in [-0.4, -0.2) is 42.3 Å². The quantitative estimate of drug-likeness (QED) is 0.327. The molecular weight excluding hydrogens is 515 g/mol. The van der Waals surface area contributed by atoms with Crippen molar-refractivity contribution in [1.82, 2.24) is 15.6 Å². The summed E-state index contributed by atoms with van der Waals surface area (Å²) in [7, 11) is 1.56. The second kappa shape index (κ2) is 11.7. The van der Waals surface area contributed by atoms with Gasteiger partial charge in [0.15, 0.2) is 5.78 Å². The van der Waals surface area contributed by atoms with Crippen LogP contribution in [0.4, 0.5) is 0 Å². The Bertz CT molecular complexity index is 1360. The van der Waals surface area contributed by atoms with Crippen molar-refractivity contribution in [2.24, 2.45) is 11.8 Å². The van der Waals surface area contributed by atoms with E-state index in [4.69, 9.17) is 27.9 Å². The van der Waals surface area contributed by atoms with Crippen molar-refractivity contribution in [2.45, 2.75) is 31.7 Å². The van der Waals surface area contributed by atoms with Gasteiger partial charge >= 0.3 is 0 Å². The highest BCUT2D eigenvalue weighted by atomic mass is 35.5. The SMILES string of the molecule is COc1cccc2[nH]c(C(=O)C[C@@H](Cc3cc(Cl)cc(Cl)c3)C(=O)N[C@H](C#N)C[C@@H]3CCNC3=O)cc12. The van der Waals surface area contributed by atoms with Gasteiger partial charge in [0.25, 0.3) is 0 Å². The van der Waals surface area contributed by atoms with Crippen molar-refractivity contribution >= 4 is 51.7 Å². The minimum atomic E-state index is -0.862. The first-order chi connectivity index (χ1) is 17.8. The summed E-state index contributed by atoms with van der Waals surface area (Å²) in [6.07, 6.45) is 0.885. The minimum Gasteiger partial charge on any atom is -0.496 e. The molecule has 0 radical (unpaired) electrons. The van der Waals surface area contributed by atoms with Gasteiger partial charge in [-0.05, 0) is 61.2 Å². The summed E-state index contributed by atoms with van der Waals surface area (Å²) < 4.78 is 5.38. The number of H-pyrrole nitrogens is 1. The van der Waals surface area contributed by atoms with Crippen molar-refractivity contribution in [1.29, 1.82) is 5.26 Å². The Morgan fingerprint density at radius 2 is 1.97 bits per heavy atom. The lowest BCUT2D eigenvalue weighted by Gasteiger charge is -2.20. The average molecular weight is 541 g/mol. The maximum Gasteiger partial charge on any atom is 0.224 e. The number of carbonyl (C=O) groups excluding carboxylic acids is 3. The third-order valence-corrected chi connectivity index (χ3v) is 6.94. The van der Waals surface area contributed by atoms with E-state index < -0.39 is 17.9 Å². The Kier molecular flexibility index (Phi) is 8.37. The van der Waals surface area contributed by atoms with Crippen molar-refractivity contribution in [3.8, 4) is 11.8 Å². The molecule has 1 aliphatic rings. The number of fused-ring (bicyclic) bond motifs is 1. The molecule has 37 heavy (non-hydrogen) atoms. The predicted molar refractivity (Wildman–Crippen MR) is 141 cm³/mol. The highest BCUT2D eigenvalue weighted by Gasteiger charge is 2.30. The second-order valence-electron chi connectivity index (χ2n) is 9.11. The molecule has 0 saturated carbocycles. The molecular formula is C27H26Cl2N4O4. The van der Waals surface area contributed by atoms with E-state index in [1.165, 1.54) is 0 Å². The lowest BCUT2D eigenvalue weighted by Crippen LogP contribution is -2.41. The average Bonchev–Trinajstić information content (AvgIpc) is 3.48. The van der Waals surface area contributed by atoms with Gasteiger partial charge in [0.2, 0.25) is 11.8 Å². The van der Waals surface area contributed by atoms with Gasteiger partial charge in [-0.2, -0.15) is 5.26 Å².